The molecule has 1 N–H and O–H groups in total. The summed E-state index contributed by atoms with van der Waals surface area (Å²) in [7, 11) is 0. The molecule has 0 radical (unpaired) electrons. The fourth-order valence-corrected chi connectivity index (χ4v) is 1.22. The molecular weight excluding hydrogens is 210 g/mol. The van der Waals surface area contributed by atoms with E-state index in [0.29, 0.717) is 6.42 Å². The van der Waals surface area contributed by atoms with E-state index in [9.17, 15) is 8.78 Å². The van der Waals surface area contributed by atoms with Crippen molar-refractivity contribution in [2.24, 2.45) is 0 Å². The molecule has 0 fully saturated rings. The van der Waals surface area contributed by atoms with Crippen LogP contribution in [0.25, 0.3) is 0 Å². The third-order valence-corrected chi connectivity index (χ3v) is 2.18. The van der Waals surface area contributed by atoms with E-state index in [0.717, 1.165) is 5.56 Å². The first-order valence-electron chi connectivity index (χ1n) is 4.29. The van der Waals surface area contributed by atoms with Gasteiger partial charge in [0.15, 0.2) is 0 Å². The van der Waals surface area contributed by atoms with Gasteiger partial charge in [0.2, 0.25) is 0 Å². The maximum absolute atomic E-state index is 12.3. The van der Waals surface area contributed by atoms with Crippen molar-refractivity contribution in [2.45, 2.75) is 24.3 Å². The lowest BCUT2D eigenvalue weighted by Gasteiger charge is -2.15. The minimum Gasteiger partial charge on any atom is -0.385 e. The highest BCUT2D eigenvalue weighted by atomic mass is 35.5. The fraction of sp³-hybridized carbons (Fsp3) is 0.400. The second-order valence-electron chi connectivity index (χ2n) is 3.08. The molecule has 14 heavy (non-hydrogen) atoms. The summed E-state index contributed by atoms with van der Waals surface area (Å²) in [5.74, 6) is 0. The molecule has 1 atom stereocenters. The predicted molar refractivity (Wildman–Crippen MR) is 51.6 cm³/mol. The summed E-state index contributed by atoms with van der Waals surface area (Å²) in [5.41, 5.74) is 0.910. The average molecular weight is 221 g/mol. The van der Waals surface area contributed by atoms with Crippen molar-refractivity contribution in [1.82, 2.24) is 0 Å². The van der Waals surface area contributed by atoms with Crippen LogP contribution < -0.4 is 0 Å². The maximum atomic E-state index is 12.3. The Kier molecular flexibility index (Phi) is 3.84. The summed E-state index contributed by atoms with van der Waals surface area (Å²) >= 11 is 4.67. The molecule has 0 unspecified atom stereocenters. The van der Waals surface area contributed by atoms with Crippen molar-refractivity contribution in [3.8, 4) is 0 Å². The summed E-state index contributed by atoms with van der Waals surface area (Å²) in [4.78, 5) is 0. The molecule has 0 aromatic heterocycles. The van der Waals surface area contributed by atoms with Crippen molar-refractivity contribution >= 4 is 11.6 Å². The van der Waals surface area contributed by atoms with Crippen molar-refractivity contribution in [3.63, 3.8) is 0 Å². The Morgan fingerprint density at radius 1 is 1.29 bits per heavy atom. The van der Waals surface area contributed by atoms with Crippen LogP contribution in [0.2, 0.25) is 0 Å². The number of aryl methyl sites for hydroxylation is 1. The third kappa shape index (κ3) is 3.60. The first-order valence-corrected chi connectivity index (χ1v) is 4.66. The van der Waals surface area contributed by atoms with E-state index >= 15 is 0 Å². The minimum absolute atomic E-state index is 0.0412. The molecular formula is C10H11ClF2O. The van der Waals surface area contributed by atoms with Gasteiger partial charge < -0.3 is 5.11 Å². The van der Waals surface area contributed by atoms with Gasteiger partial charge in [0.25, 0.3) is 0 Å². The lowest BCUT2D eigenvalue weighted by atomic mass is 10.1. The predicted octanol–water partition coefficient (Wildman–Crippen LogP) is 2.81. The topological polar surface area (TPSA) is 20.2 Å². The molecule has 0 bridgehead atoms. The zero-order valence-electron chi connectivity index (χ0n) is 7.46. The molecule has 0 aliphatic rings. The van der Waals surface area contributed by atoms with E-state index < -0.39 is 11.5 Å². The number of benzene rings is 1. The number of hydrogen-bond acceptors (Lipinski definition) is 1. The van der Waals surface area contributed by atoms with E-state index in [1.807, 2.05) is 30.3 Å². The molecule has 4 heteroatoms. The molecule has 0 saturated heterocycles. The van der Waals surface area contributed by atoms with Gasteiger partial charge in [-0.2, -0.15) is 8.78 Å². The Balaban J connectivity index is 2.42. The van der Waals surface area contributed by atoms with Crippen LogP contribution in [-0.2, 0) is 6.42 Å². The molecule has 0 heterocycles. The van der Waals surface area contributed by atoms with Crippen molar-refractivity contribution in [1.29, 1.82) is 0 Å². The first kappa shape index (κ1) is 11.4. The van der Waals surface area contributed by atoms with Gasteiger partial charge in [0.1, 0.15) is 6.10 Å². The molecule has 1 rings (SSSR count). The summed E-state index contributed by atoms with van der Waals surface area (Å²) in [6.45, 7) is 0. The quantitative estimate of drug-likeness (QED) is 0.774. The number of hydrogen-bond donors (Lipinski definition) is 1. The summed E-state index contributed by atoms with van der Waals surface area (Å²) in [6.07, 6.45) is -1.44. The molecule has 0 spiro atoms. The van der Waals surface area contributed by atoms with Crippen LogP contribution in [0.15, 0.2) is 30.3 Å². The smallest absolute Gasteiger partial charge is 0.347 e. The second kappa shape index (κ2) is 4.71. The van der Waals surface area contributed by atoms with Crippen LogP contribution in [-0.4, -0.2) is 16.6 Å². The Hall–Kier alpha value is -0.670. The van der Waals surface area contributed by atoms with E-state index in [1.54, 1.807) is 0 Å². The summed E-state index contributed by atoms with van der Waals surface area (Å²) in [5, 5.41) is 5.43. The van der Waals surface area contributed by atoms with Gasteiger partial charge in [-0.25, -0.2) is 0 Å². The Morgan fingerprint density at radius 3 is 2.36 bits per heavy atom. The normalized spacial score (nSPS) is 14.0. The van der Waals surface area contributed by atoms with Crippen LogP contribution in [0, 0.1) is 0 Å². The largest absolute Gasteiger partial charge is 0.385 e. The van der Waals surface area contributed by atoms with Gasteiger partial charge in [-0.05, 0) is 30.0 Å². The Morgan fingerprint density at radius 2 is 1.86 bits per heavy atom. The number of alkyl halides is 3. The van der Waals surface area contributed by atoms with Crippen molar-refractivity contribution < 1.29 is 13.9 Å². The van der Waals surface area contributed by atoms with Crippen LogP contribution in [0.3, 0.4) is 0 Å². The van der Waals surface area contributed by atoms with Gasteiger partial charge in [-0.3, -0.25) is 0 Å². The highest BCUT2D eigenvalue weighted by Gasteiger charge is 2.34. The molecule has 78 valence electrons. The van der Waals surface area contributed by atoms with E-state index in [4.69, 9.17) is 5.11 Å². The monoisotopic (exact) mass is 220 g/mol. The average Bonchev–Trinajstić information content (AvgIpc) is 2.14. The SMILES string of the molecule is O[C@H](CCc1ccccc1)C(F)(F)Cl. The standard InChI is InChI=1S/C10H11ClF2O/c11-10(12,13)9(14)7-6-8-4-2-1-3-5-8/h1-5,9,14H,6-7H2/t9-/m1/s1. The van der Waals surface area contributed by atoms with Crippen LogP contribution >= 0.6 is 11.6 Å². The highest BCUT2D eigenvalue weighted by Crippen LogP contribution is 2.26. The summed E-state index contributed by atoms with van der Waals surface area (Å²) < 4.78 is 24.7. The Bertz CT molecular complexity index is 271. The third-order valence-electron chi connectivity index (χ3n) is 1.93. The molecule has 1 aromatic rings. The van der Waals surface area contributed by atoms with E-state index in [2.05, 4.69) is 11.6 Å². The van der Waals surface area contributed by atoms with Gasteiger partial charge in [-0.15, -0.1) is 0 Å². The second-order valence-corrected chi connectivity index (χ2v) is 3.59. The Labute approximate surface area is 86.3 Å². The minimum atomic E-state index is -3.53. The van der Waals surface area contributed by atoms with Gasteiger partial charge in [0.05, 0.1) is 0 Å². The van der Waals surface area contributed by atoms with Crippen LogP contribution in [0.1, 0.15) is 12.0 Å². The molecule has 0 amide bonds. The van der Waals surface area contributed by atoms with E-state index in [-0.39, 0.29) is 6.42 Å². The van der Waals surface area contributed by atoms with Gasteiger partial charge in [-0.1, -0.05) is 30.3 Å². The van der Waals surface area contributed by atoms with Crippen LogP contribution in [0.4, 0.5) is 8.78 Å². The lowest BCUT2D eigenvalue weighted by Crippen LogP contribution is -2.27. The molecule has 1 aromatic carbocycles. The van der Waals surface area contributed by atoms with Crippen molar-refractivity contribution in [2.75, 3.05) is 0 Å². The summed E-state index contributed by atoms with van der Waals surface area (Å²) in [6, 6.07) is 9.12. The zero-order valence-corrected chi connectivity index (χ0v) is 8.22. The number of halogens is 3. The molecule has 0 aliphatic carbocycles. The number of rotatable bonds is 4. The highest BCUT2D eigenvalue weighted by molar-refractivity contribution is 6.22. The molecule has 0 aliphatic heterocycles. The van der Waals surface area contributed by atoms with Gasteiger partial charge >= 0.3 is 5.38 Å². The zero-order chi connectivity index (χ0) is 10.6. The van der Waals surface area contributed by atoms with Crippen LogP contribution in [0.5, 0.6) is 0 Å². The number of aliphatic hydroxyl groups excluding tert-OH is 1. The number of aliphatic hydroxyl groups is 1. The van der Waals surface area contributed by atoms with Gasteiger partial charge in [0, 0.05) is 0 Å². The molecule has 1 nitrogen and oxygen atoms in total. The van der Waals surface area contributed by atoms with E-state index in [1.165, 1.54) is 0 Å². The maximum Gasteiger partial charge on any atom is 0.347 e. The first-order chi connectivity index (χ1) is 6.50. The molecule has 0 saturated carbocycles. The fourth-order valence-electron chi connectivity index (χ4n) is 1.11. The van der Waals surface area contributed by atoms with Crippen molar-refractivity contribution in [3.05, 3.63) is 35.9 Å². The lowest BCUT2D eigenvalue weighted by molar-refractivity contribution is -0.0440.